The Morgan fingerprint density at radius 2 is 2.16 bits per heavy atom. The third kappa shape index (κ3) is 3.48. The van der Waals surface area contributed by atoms with Crippen LogP contribution in [0.25, 0.3) is 0 Å². The Hall–Kier alpha value is -2.00. The zero-order chi connectivity index (χ0) is 13.7. The Morgan fingerprint density at radius 1 is 1.37 bits per heavy atom. The van der Waals surface area contributed by atoms with Gasteiger partial charge in [-0.3, -0.25) is 5.43 Å². The molecule has 2 heterocycles. The average molecular weight is 281 g/mol. The SMILES string of the molecule is CCOc1nc(NN)nc(NC(C)c2nccs2)n1. The van der Waals surface area contributed by atoms with E-state index in [2.05, 4.69) is 30.7 Å². The third-order valence-corrected chi connectivity index (χ3v) is 3.14. The molecule has 0 aliphatic carbocycles. The van der Waals surface area contributed by atoms with Crippen LogP contribution in [0.2, 0.25) is 0 Å². The topological polar surface area (TPSA) is 111 Å². The van der Waals surface area contributed by atoms with E-state index in [1.165, 1.54) is 0 Å². The third-order valence-electron chi connectivity index (χ3n) is 2.18. The second-order valence-corrected chi connectivity index (χ2v) is 4.51. The van der Waals surface area contributed by atoms with Crippen molar-refractivity contribution in [1.29, 1.82) is 0 Å². The number of hydrogen-bond acceptors (Lipinski definition) is 9. The molecule has 1 unspecified atom stereocenters. The van der Waals surface area contributed by atoms with Gasteiger partial charge in [0.1, 0.15) is 5.01 Å². The highest BCUT2D eigenvalue weighted by Gasteiger charge is 2.12. The van der Waals surface area contributed by atoms with Crippen molar-refractivity contribution in [2.75, 3.05) is 17.3 Å². The average Bonchev–Trinajstić information content (AvgIpc) is 2.92. The summed E-state index contributed by atoms with van der Waals surface area (Å²) in [6.07, 6.45) is 1.75. The number of rotatable bonds is 6. The molecule has 1 atom stereocenters. The molecule has 0 saturated carbocycles. The lowest BCUT2D eigenvalue weighted by Gasteiger charge is -2.12. The zero-order valence-electron chi connectivity index (χ0n) is 10.6. The number of ether oxygens (including phenoxy) is 1. The van der Waals surface area contributed by atoms with Gasteiger partial charge in [-0.2, -0.15) is 15.0 Å². The Bertz CT molecular complexity index is 519. The van der Waals surface area contributed by atoms with Gasteiger partial charge in [-0.1, -0.05) is 0 Å². The maximum atomic E-state index is 5.31. The number of aromatic nitrogens is 4. The van der Waals surface area contributed by atoms with Crippen LogP contribution in [0.15, 0.2) is 11.6 Å². The number of hydrogen-bond donors (Lipinski definition) is 3. The molecule has 0 aliphatic heterocycles. The Labute approximate surface area is 114 Å². The molecule has 9 heteroatoms. The van der Waals surface area contributed by atoms with Crippen molar-refractivity contribution < 1.29 is 4.74 Å². The van der Waals surface area contributed by atoms with Gasteiger partial charge in [-0.05, 0) is 13.8 Å². The highest BCUT2D eigenvalue weighted by atomic mass is 32.1. The molecule has 2 rings (SSSR count). The highest BCUT2D eigenvalue weighted by Crippen LogP contribution is 2.20. The van der Waals surface area contributed by atoms with Gasteiger partial charge in [-0.15, -0.1) is 11.3 Å². The maximum absolute atomic E-state index is 5.31. The summed E-state index contributed by atoms with van der Waals surface area (Å²) >= 11 is 1.56. The number of nitrogens with zero attached hydrogens (tertiary/aromatic N) is 4. The minimum atomic E-state index is -0.0116. The molecule has 2 aromatic rings. The lowest BCUT2D eigenvalue weighted by Crippen LogP contribution is -2.15. The maximum Gasteiger partial charge on any atom is 0.323 e. The summed E-state index contributed by atoms with van der Waals surface area (Å²) in [5, 5.41) is 5.99. The molecule has 2 aromatic heterocycles. The summed E-state index contributed by atoms with van der Waals surface area (Å²) in [6.45, 7) is 4.29. The molecule has 4 N–H and O–H groups in total. The van der Waals surface area contributed by atoms with Gasteiger partial charge in [0.2, 0.25) is 11.9 Å². The van der Waals surface area contributed by atoms with E-state index in [1.807, 2.05) is 19.2 Å². The minimum absolute atomic E-state index is 0.0116. The van der Waals surface area contributed by atoms with Gasteiger partial charge in [0.25, 0.3) is 0 Å². The molecule has 19 heavy (non-hydrogen) atoms. The van der Waals surface area contributed by atoms with E-state index in [1.54, 1.807) is 17.5 Å². The van der Waals surface area contributed by atoms with Crippen LogP contribution in [0.3, 0.4) is 0 Å². The highest BCUT2D eigenvalue weighted by molar-refractivity contribution is 7.09. The summed E-state index contributed by atoms with van der Waals surface area (Å²) < 4.78 is 5.25. The van der Waals surface area contributed by atoms with Crippen LogP contribution >= 0.6 is 11.3 Å². The van der Waals surface area contributed by atoms with E-state index in [0.29, 0.717) is 12.6 Å². The predicted octanol–water partition coefficient (Wildman–Crippen LogP) is 1.19. The van der Waals surface area contributed by atoms with Crippen LogP contribution in [-0.4, -0.2) is 26.5 Å². The molecule has 102 valence electrons. The molecule has 0 spiro atoms. The number of anilines is 2. The van der Waals surface area contributed by atoms with Crippen molar-refractivity contribution in [3.63, 3.8) is 0 Å². The van der Waals surface area contributed by atoms with E-state index in [4.69, 9.17) is 10.6 Å². The second kappa shape index (κ2) is 6.25. The number of hydrazine groups is 1. The molecular weight excluding hydrogens is 266 g/mol. The first-order valence-corrected chi connectivity index (χ1v) is 6.62. The first kappa shape index (κ1) is 13.4. The summed E-state index contributed by atoms with van der Waals surface area (Å²) in [5.74, 6) is 5.94. The molecule has 0 saturated heterocycles. The van der Waals surface area contributed by atoms with E-state index in [0.717, 1.165) is 5.01 Å². The van der Waals surface area contributed by atoms with E-state index in [-0.39, 0.29) is 18.0 Å². The Kier molecular flexibility index (Phi) is 4.42. The Morgan fingerprint density at radius 3 is 2.79 bits per heavy atom. The van der Waals surface area contributed by atoms with Gasteiger partial charge in [-0.25, -0.2) is 10.8 Å². The smallest absolute Gasteiger partial charge is 0.323 e. The summed E-state index contributed by atoms with van der Waals surface area (Å²) in [7, 11) is 0. The predicted molar refractivity (Wildman–Crippen MR) is 73.0 cm³/mol. The minimum Gasteiger partial charge on any atom is -0.464 e. The lowest BCUT2D eigenvalue weighted by molar-refractivity contribution is 0.312. The number of nitrogen functional groups attached to an aromatic ring is 1. The van der Waals surface area contributed by atoms with Gasteiger partial charge in [0, 0.05) is 11.6 Å². The number of nitrogens with one attached hydrogen (secondary N) is 2. The van der Waals surface area contributed by atoms with Gasteiger partial charge in [0.05, 0.1) is 12.6 Å². The van der Waals surface area contributed by atoms with Gasteiger partial charge >= 0.3 is 6.01 Å². The Balaban J connectivity index is 2.16. The fourth-order valence-electron chi connectivity index (χ4n) is 1.38. The lowest BCUT2D eigenvalue weighted by atomic mass is 10.4. The fourth-order valence-corrected chi connectivity index (χ4v) is 2.03. The molecule has 8 nitrogen and oxygen atoms in total. The molecule has 0 amide bonds. The zero-order valence-corrected chi connectivity index (χ0v) is 11.4. The van der Waals surface area contributed by atoms with Crippen molar-refractivity contribution in [2.24, 2.45) is 5.84 Å². The number of nitrogens with two attached hydrogens (primary N) is 1. The molecule has 0 radical (unpaired) electrons. The summed E-state index contributed by atoms with van der Waals surface area (Å²) in [5.41, 5.74) is 2.38. The van der Waals surface area contributed by atoms with Crippen molar-refractivity contribution in [3.05, 3.63) is 16.6 Å². The van der Waals surface area contributed by atoms with E-state index < -0.39 is 0 Å². The standard InChI is InChI=1S/C10H15N7OS/c1-3-18-10-15-8(14-9(16-10)17-11)13-6(2)7-12-4-5-19-7/h4-6H,3,11H2,1-2H3,(H2,13,14,15,16,17). The number of thiazole rings is 1. The van der Waals surface area contributed by atoms with Crippen LogP contribution in [0.4, 0.5) is 11.9 Å². The van der Waals surface area contributed by atoms with Crippen molar-refractivity contribution in [1.82, 2.24) is 19.9 Å². The van der Waals surface area contributed by atoms with Crippen molar-refractivity contribution in [3.8, 4) is 6.01 Å². The van der Waals surface area contributed by atoms with Crippen LogP contribution in [0.5, 0.6) is 6.01 Å². The first-order valence-electron chi connectivity index (χ1n) is 5.74. The van der Waals surface area contributed by atoms with E-state index in [9.17, 15) is 0 Å². The quantitative estimate of drug-likeness (QED) is 0.535. The molecule has 0 aromatic carbocycles. The van der Waals surface area contributed by atoms with E-state index >= 15 is 0 Å². The van der Waals surface area contributed by atoms with Crippen molar-refractivity contribution >= 4 is 23.2 Å². The summed E-state index contributed by atoms with van der Waals surface area (Å²) in [6, 6.07) is 0.210. The van der Waals surface area contributed by atoms with Gasteiger partial charge in [0.15, 0.2) is 0 Å². The van der Waals surface area contributed by atoms with Crippen LogP contribution in [-0.2, 0) is 0 Å². The van der Waals surface area contributed by atoms with Crippen molar-refractivity contribution in [2.45, 2.75) is 19.9 Å². The van der Waals surface area contributed by atoms with Gasteiger partial charge < -0.3 is 10.1 Å². The van der Waals surface area contributed by atoms with Crippen LogP contribution in [0, 0.1) is 0 Å². The molecule has 0 aliphatic rings. The first-order chi connectivity index (χ1) is 9.22. The monoisotopic (exact) mass is 281 g/mol. The van der Waals surface area contributed by atoms with Crippen LogP contribution in [0.1, 0.15) is 24.9 Å². The normalized spacial score (nSPS) is 11.9. The molecular formula is C10H15N7OS. The fraction of sp³-hybridized carbons (Fsp3) is 0.400. The molecule has 0 bridgehead atoms. The van der Waals surface area contributed by atoms with Crippen LogP contribution < -0.4 is 21.3 Å². The largest absolute Gasteiger partial charge is 0.464 e. The second-order valence-electron chi connectivity index (χ2n) is 3.58. The molecule has 0 fully saturated rings. The summed E-state index contributed by atoms with van der Waals surface area (Å²) in [4.78, 5) is 16.5.